The molecule has 0 aromatic heterocycles. The normalized spacial score (nSPS) is 11.7. The highest BCUT2D eigenvalue weighted by Crippen LogP contribution is 2.06. The molecular weight excluding hydrogens is 424 g/mol. The molecule has 0 aromatic rings. The van der Waals surface area contributed by atoms with Crippen LogP contribution in [0.2, 0.25) is 0 Å². The van der Waals surface area contributed by atoms with Gasteiger partial charge in [0.2, 0.25) is 0 Å². The van der Waals surface area contributed by atoms with E-state index in [-0.39, 0.29) is 31.1 Å². The van der Waals surface area contributed by atoms with Crippen LogP contribution in [0.4, 0.5) is 0 Å². The third-order valence-corrected chi connectivity index (χ3v) is 3.82. The van der Waals surface area contributed by atoms with Gasteiger partial charge in [-0.15, -0.1) is 0 Å². The standard InChI is InChI=1S/2C7H14O3.C6H10O2.2CH4O/c2*1-10-7(9)5-3-2-4-6-8;7-6-4-2-1-3-5-8-6;2*1-2/h2*8H,2-6H2,1H3;1-5H2;2*2H,1H3. The van der Waals surface area contributed by atoms with Gasteiger partial charge in [0.15, 0.2) is 0 Å². The van der Waals surface area contributed by atoms with Gasteiger partial charge in [-0.2, -0.15) is 0 Å². The second-order valence-electron chi connectivity index (χ2n) is 6.25. The van der Waals surface area contributed by atoms with Crippen LogP contribution in [0.5, 0.6) is 0 Å². The molecule has 10 nitrogen and oxygen atoms in total. The van der Waals surface area contributed by atoms with Crippen LogP contribution in [0.3, 0.4) is 0 Å². The molecule has 1 heterocycles. The van der Waals surface area contributed by atoms with Gasteiger partial charge in [0.05, 0.1) is 20.8 Å². The van der Waals surface area contributed by atoms with E-state index in [1.165, 1.54) is 14.2 Å². The van der Waals surface area contributed by atoms with Gasteiger partial charge >= 0.3 is 17.9 Å². The zero-order valence-electron chi connectivity index (χ0n) is 20.3. The highest BCUT2D eigenvalue weighted by atomic mass is 16.5. The van der Waals surface area contributed by atoms with Crippen LogP contribution in [0.15, 0.2) is 0 Å². The van der Waals surface area contributed by atoms with Crippen molar-refractivity contribution < 1.29 is 49.0 Å². The van der Waals surface area contributed by atoms with Crippen molar-refractivity contribution in [3.8, 4) is 0 Å². The molecule has 1 fully saturated rings. The Morgan fingerprint density at radius 3 is 1.56 bits per heavy atom. The van der Waals surface area contributed by atoms with E-state index < -0.39 is 0 Å². The van der Waals surface area contributed by atoms with Crippen molar-refractivity contribution in [2.45, 2.75) is 77.0 Å². The van der Waals surface area contributed by atoms with E-state index in [0.717, 1.165) is 72.0 Å². The van der Waals surface area contributed by atoms with Crippen LogP contribution < -0.4 is 0 Å². The van der Waals surface area contributed by atoms with Gasteiger partial charge in [0.25, 0.3) is 0 Å². The van der Waals surface area contributed by atoms with E-state index in [0.29, 0.717) is 25.9 Å². The summed E-state index contributed by atoms with van der Waals surface area (Å²) >= 11 is 0. The number of esters is 3. The Balaban J connectivity index is -0.000000171. The summed E-state index contributed by atoms with van der Waals surface area (Å²) in [5, 5.41) is 30.7. The van der Waals surface area contributed by atoms with Crippen LogP contribution in [-0.2, 0) is 28.6 Å². The lowest BCUT2D eigenvalue weighted by molar-refractivity contribution is -0.143. The highest BCUT2D eigenvalue weighted by molar-refractivity contribution is 5.69. The van der Waals surface area contributed by atoms with Crippen LogP contribution in [0.25, 0.3) is 0 Å². The summed E-state index contributed by atoms with van der Waals surface area (Å²) in [6, 6.07) is 0. The van der Waals surface area contributed by atoms with Crippen molar-refractivity contribution in [2.24, 2.45) is 0 Å². The average molecular weight is 471 g/mol. The summed E-state index contributed by atoms with van der Waals surface area (Å²) in [5.74, 6) is -0.363. The number of aliphatic hydroxyl groups is 4. The number of cyclic esters (lactones) is 1. The monoisotopic (exact) mass is 470 g/mol. The first-order chi connectivity index (χ1) is 15.5. The van der Waals surface area contributed by atoms with Crippen molar-refractivity contribution in [3.63, 3.8) is 0 Å². The van der Waals surface area contributed by atoms with E-state index in [1.807, 2.05) is 0 Å². The molecule has 0 radical (unpaired) electrons. The third kappa shape index (κ3) is 38.8. The Hall–Kier alpha value is -1.75. The summed E-state index contributed by atoms with van der Waals surface area (Å²) in [4.78, 5) is 31.4. The molecule has 10 heteroatoms. The number of carbonyl (C=O) groups excluding carboxylic acids is 3. The fourth-order valence-corrected chi connectivity index (χ4v) is 2.13. The molecule has 1 aliphatic rings. The van der Waals surface area contributed by atoms with Crippen molar-refractivity contribution >= 4 is 17.9 Å². The SMILES string of the molecule is CO.CO.COC(=O)CCCCCO.COC(=O)CCCCCO.O=C1CCCCCO1. The Labute approximate surface area is 192 Å². The van der Waals surface area contributed by atoms with Gasteiger partial charge < -0.3 is 34.6 Å². The maximum atomic E-state index is 10.5. The van der Waals surface area contributed by atoms with E-state index in [2.05, 4.69) is 9.47 Å². The first kappa shape index (κ1) is 37.6. The van der Waals surface area contributed by atoms with E-state index in [1.54, 1.807) is 0 Å². The molecule has 0 unspecified atom stereocenters. The molecule has 0 atom stereocenters. The number of rotatable bonds is 10. The Morgan fingerprint density at radius 1 is 0.750 bits per heavy atom. The second-order valence-corrected chi connectivity index (χ2v) is 6.25. The fourth-order valence-electron chi connectivity index (χ4n) is 2.13. The number of hydrogen-bond donors (Lipinski definition) is 4. The molecule has 0 spiro atoms. The molecule has 1 saturated heterocycles. The molecule has 1 aliphatic heterocycles. The Morgan fingerprint density at radius 2 is 1.19 bits per heavy atom. The smallest absolute Gasteiger partial charge is 0.305 e. The molecule has 32 heavy (non-hydrogen) atoms. The summed E-state index contributed by atoms with van der Waals surface area (Å²) in [5.41, 5.74) is 0. The number of methoxy groups -OCH3 is 2. The molecule has 194 valence electrons. The number of unbranched alkanes of at least 4 members (excludes halogenated alkanes) is 4. The minimum Gasteiger partial charge on any atom is -0.469 e. The highest BCUT2D eigenvalue weighted by Gasteiger charge is 2.05. The largest absolute Gasteiger partial charge is 0.469 e. The first-order valence-corrected chi connectivity index (χ1v) is 10.9. The summed E-state index contributed by atoms with van der Waals surface area (Å²) < 4.78 is 13.6. The van der Waals surface area contributed by atoms with Crippen LogP contribution in [0, 0.1) is 0 Å². The fraction of sp³-hybridized carbons (Fsp3) is 0.864. The van der Waals surface area contributed by atoms with E-state index >= 15 is 0 Å². The van der Waals surface area contributed by atoms with Gasteiger partial charge in [-0.05, 0) is 44.9 Å². The number of aliphatic hydroxyl groups excluding tert-OH is 4. The number of hydrogen-bond acceptors (Lipinski definition) is 10. The van der Waals surface area contributed by atoms with Gasteiger partial charge in [0.1, 0.15) is 0 Å². The predicted octanol–water partition coefficient (Wildman–Crippen LogP) is 1.74. The lowest BCUT2D eigenvalue weighted by Crippen LogP contribution is -2.00. The van der Waals surface area contributed by atoms with Crippen molar-refractivity contribution in [3.05, 3.63) is 0 Å². The molecule has 0 aromatic carbocycles. The molecule has 0 aliphatic carbocycles. The minimum absolute atomic E-state index is 0.0255. The summed E-state index contributed by atoms with van der Waals surface area (Å²) in [7, 11) is 4.77. The van der Waals surface area contributed by atoms with Crippen molar-refractivity contribution in [1.29, 1.82) is 0 Å². The first-order valence-electron chi connectivity index (χ1n) is 10.9. The van der Waals surface area contributed by atoms with E-state index in [4.69, 9.17) is 25.2 Å². The molecule has 1 rings (SSSR count). The van der Waals surface area contributed by atoms with Crippen LogP contribution in [-0.4, -0.2) is 86.6 Å². The molecule has 0 bridgehead atoms. The second kappa shape index (κ2) is 36.6. The van der Waals surface area contributed by atoms with Crippen LogP contribution >= 0.6 is 0 Å². The van der Waals surface area contributed by atoms with Gasteiger partial charge in [-0.3, -0.25) is 14.4 Å². The topological polar surface area (TPSA) is 160 Å². The predicted molar refractivity (Wildman–Crippen MR) is 121 cm³/mol. The molecule has 4 N–H and O–H groups in total. The van der Waals surface area contributed by atoms with E-state index in [9.17, 15) is 14.4 Å². The lowest BCUT2D eigenvalue weighted by atomic mass is 10.2. The third-order valence-electron chi connectivity index (χ3n) is 3.82. The maximum Gasteiger partial charge on any atom is 0.305 e. The van der Waals surface area contributed by atoms with Crippen LogP contribution in [0.1, 0.15) is 77.0 Å². The van der Waals surface area contributed by atoms with Gasteiger partial charge in [-0.25, -0.2) is 0 Å². The summed E-state index contributed by atoms with van der Waals surface area (Å²) in [6.07, 6.45) is 9.73. The summed E-state index contributed by atoms with van der Waals surface area (Å²) in [6.45, 7) is 1.06. The van der Waals surface area contributed by atoms with Gasteiger partial charge in [-0.1, -0.05) is 12.8 Å². The van der Waals surface area contributed by atoms with Crippen molar-refractivity contribution in [1.82, 2.24) is 0 Å². The number of ether oxygens (including phenoxy) is 3. The quantitative estimate of drug-likeness (QED) is 0.210. The molecular formula is C22H46O10. The number of carbonyl (C=O) groups is 3. The van der Waals surface area contributed by atoms with Gasteiger partial charge in [0, 0.05) is 46.7 Å². The average Bonchev–Trinajstić information content (AvgIpc) is 3.10. The Kier molecular flexibility index (Phi) is 43.0. The molecule has 0 amide bonds. The minimum atomic E-state index is -0.169. The van der Waals surface area contributed by atoms with Crippen molar-refractivity contribution in [2.75, 3.05) is 48.3 Å². The Bertz CT molecular complexity index is 355. The maximum absolute atomic E-state index is 10.5. The lowest BCUT2D eigenvalue weighted by Gasteiger charge is -1.96. The molecule has 0 saturated carbocycles. The zero-order valence-corrected chi connectivity index (χ0v) is 20.3. The zero-order chi connectivity index (χ0) is 25.5.